The van der Waals surface area contributed by atoms with Crippen LogP contribution in [-0.2, 0) is 0 Å². The molecule has 0 saturated heterocycles. The van der Waals surface area contributed by atoms with Gasteiger partial charge < -0.3 is 4.90 Å². The van der Waals surface area contributed by atoms with Crippen LogP contribution in [0.5, 0.6) is 0 Å². The SMILES string of the molecule is CC(C)CN(CCC#N)C(=O)c1cc(Cl)cc(Br)c1. The first-order valence-corrected chi connectivity index (χ1v) is 7.23. The Morgan fingerprint density at radius 3 is 2.68 bits per heavy atom. The zero-order chi connectivity index (χ0) is 14.4. The molecule has 0 spiro atoms. The van der Waals surface area contributed by atoms with Crippen LogP contribution < -0.4 is 0 Å². The Kier molecular flexibility index (Phi) is 6.33. The first-order valence-electron chi connectivity index (χ1n) is 6.06. The maximum absolute atomic E-state index is 12.4. The number of rotatable bonds is 5. The van der Waals surface area contributed by atoms with Gasteiger partial charge in [-0.05, 0) is 24.1 Å². The Balaban J connectivity index is 2.94. The number of halogens is 2. The lowest BCUT2D eigenvalue weighted by Crippen LogP contribution is -2.35. The second-order valence-corrected chi connectivity index (χ2v) is 6.06. The molecular formula is C14H16BrClN2O. The van der Waals surface area contributed by atoms with Crippen LogP contribution in [0, 0.1) is 17.2 Å². The van der Waals surface area contributed by atoms with Gasteiger partial charge in [0.2, 0.25) is 0 Å². The highest BCUT2D eigenvalue weighted by Gasteiger charge is 2.17. The van der Waals surface area contributed by atoms with E-state index in [1.807, 2.05) is 13.8 Å². The van der Waals surface area contributed by atoms with Crippen molar-refractivity contribution in [3.63, 3.8) is 0 Å². The molecule has 0 aromatic heterocycles. The van der Waals surface area contributed by atoms with E-state index in [0.29, 0.717) is 36.0 Å². The molecule has 0 saturated carbocycles. The highest BCUT2D eigenvalue weighted by Crippen LogP contribution is 2.21. The Bertz CT molecular complexity index is 476. The average molecular weight is 344 g/mol. The summed E-state index contributed by atoms with van der Waals surface area (Å²) in [4.78, 5) is 14.1. The van der Waals surface area contributed by atoms with Crippen LogP contribution in [0.4, 0.5) is 0 Å². The summed E-state index contributed by atoms with van der Waals surface area (Å²) in [6, 6.07) is 7.20. The van der Waals surface area contributed by atoms with E-state index < -0.39 is 0 Å². The summed E-state index contributed by atoms with van der Waals surface area (Å²) < 4.78 is 0.771. The first-order chi connectivity index (χ1) is 8.93. The number of hydrogen-bond acceptors (Lipinski definition) is 2. The molecule has 0 aliphatic heterocycles. The zero-order valence-electron chi connectivity index (χ0n) is 11.0. The number of hydrogen-bond donors (Lipinski definition) is 0. The third kappa shape index (κ3) is 5.22. The van der Waals surface area contributed by atoms with Gasteiger partial charge in [0.05, 0.1) is 12.5 Å². The molecule has 0 radical (unpaired) electrons. The van der Waals surface area contributed by atoms with Gasteiger partial charge >= 0.3 is 0 Å². The molecule has 0 atom stereocenters. The smallest absolute Gasteiger partial charge is 0.253 e. The summed E-state index contributed by atoms with van der Waals surface area (Å²) in [6.45, 7) is 5.16. The molecule has 0 fully saturated rings. The Labute approximate surface area is 127 Å². The molecule has 1 rings (SSSR count). The maximum Gasteiger partial charge on any atom is 0.253 e. The first kappa shape index (κ1) is 16.0. The van der Waals surface area contributed by atoms with Crippen molar-refractivity contribution in [2.75, 3.05) is 13.1 Å². The predicted molar refractivity (Wildman–Crippen MR) is 80.1 cm³/mol. The Hall–Kier alpha value is -1.05. The van der Waals surface area contributed by atoms with Gasteiger partial charge in [0.15, 0.2) is 0 Å². The molecule has 1 aromatic carbocycles. The molecule has 1 amide bonds. The largest absolute Gasteiger partial charge is 0.337 e. The zero-order valence-corrected chi connectivity index (χ0v) is 13.3. The second kappa shape index (κ2) is 7.52. The minimum atomic E-state index is -0.0906. The number of carbonyl (C=O) groups is 1. The van der Waals surface area contributed by atoms with Gasteiger partial charge in [-0.3, -0.25) is 4.79 Å². The molecule has 3 nitrogen and oxygen atoms in total. The van der Waals surface area contributed by atoms with Crippen LogP contribution in [0.2, 0.25) is 5.02 Å². The van der Waals surface area contributed by atoms with Gasteiger partial charge in [-0.15, -0.1) is 0 Å². The molecule has 0 heterocycles. The van der Waals surface area contributed by atoms with E-state index in [4.69, 9.17) is 16.9 Å². The van der Waals surface area contributed by atoms with Crippen LogP contribution in [0.1, 0.15) is 30.6 Å². The molecular weight excluding hydrogens is 328 g/mol. The molecule has 0 aliphatic rings. The summed E-state index contributed by atoms with van der Waals surface area (Å²) >= 11 is 9.28. The Morgan fingerprint density at radius 1 is 1.47 bits per heavy atom. The molecule has 102 valence electrons. The molecule has 0 aliphatic carbocycles. The van der Waals surface area contributed by atoms with Crippen LogP contribution in [0.3, 0.4) is 0 Å². The Morgan fingerprint density at radius 2 is 2.16 bits per heavy atom. The molecule has 0 unspecified atom stereocenters. The lowest BCUT2D eigenvalue weighted by Gasteiger charge is -2.23. The summed E-state index contributed by atoms with van der Waals surface area (Å²) in [5.74, 6) is 0.261. The van der Waals surface area contributed by atoms with Gasteiger partial charge in [0.1, 0.15) is 0 Å². The van der Waals surface area contributed by atoms with Gasteiger partial charge in [0, 0.05) is 28.1 Å². The average Bonchev–Trinajstić information content (AvgIpc) is 2.32. The fourth-order valence-corrected chi connectivity index (χ4v) is 2.62. The molecule has 19 heavy (non-hydrogen) atoms. The number of amides is 1. The number of nitrogens with zero attached hydrogens (tertiary/aromatic N) is 2. The minimum absolute atomic E-state index is 0.0906. The number of nitriles is 1. The van der Waals surface area contributed by atoms with Crippen LogP contribution in [0.25, 0.3) is 0 Å². The van der Waals surface area contributed by atoms with E-state index in [1.165, 1.54) is 0 Å². The standard InChI is InChI=1S/C14H16BrClN2O/c1-10(2)9-18(5-3-4-17)14(19)11-6-12(15)8-13(16)7-11/h6-8,10H,3,5,9H2,1-2H3. The van der Waals surface area contributed by atoms with Crippen LogP contribution in [-0.4, -0.2) is 23.9 Å². The van der Waals surface area contributed by atoms with Crippen molar-refractivity contribution in [1.82, 2.24) is 4.90 Å². The minimum Gasteiger partial charge on any atom is -0.337 e. The summed E-state index contributed by atoms with van der Waals surface area (Å²) in [5, 5.41) is 9.19. The van der Waals surface area contributed by atoms with Crippen molar-refractivity contribution in [3.8, 4) is 6.07 Å². The molecule has 0 N–H and O–H groups in total. The van der Waals surface area contributed by atoms with Crippen LogP contribution in [0.15, 0.2) is 22.7 Å². The highest BCUT2D eigenvalue weighted by atomic mass is 79.9. The van der Waals surface area contributed by atoms with Crippen molar-refractivity contribution in [2.45, 2.75) is 20.3 Å². The van der Waals surface area contributed by atoms with E-state index >= 15 is 0 Å². The molecule has 1 aromatic rings. The van der Waals surface area contributed by atoms with Gasteiger partial charge in [-0.2, -0.15) is 5.26 Å². The normalized spacial score (nSPS) is 10.3. The topological polar surface area (TPSA) is 44.1 Å². The summed E-state index contributed by atoms with van der Waals surface area (Å²) in [6.07, 6.45) is 0.334. The number of carbonyl (C=O) groups excluding carboxylic acids is 1. The van der Waals surface area contributed by atoms with E-state index in [1.54, 1.807) is 23.1 Å². The van der Waals surface area contributed by atoms with E-state index in [2.05, 4.69) is 22.0 Å². The van der Waals surface area contributed by atoms with Crippen molar-refractivity contribution >= 4 is 33.4 Å². The monoisotopic (exact) mass is 342 g/mol. The quantitative estimate of drug-likeness (QED) is 0.807. The lowest BCUT2D eigenvalue weighted by molar-refractivity contribution is 0.0740. The maximum atomic E-state index is 12.4. The third-order valence-corrected chi connectivity index (χ3v) is 3.15. The van der Waals surface area contributed by atoms with Crippen molar-refractivity contribution in [2.24, 2.45) is 5.92 Å². The lowest BCUT2D eigenvalue weighted by atomic mass is 10.1. The van der Waals surface area contributed by atoms with Crippen molar-refractivity contribution in [3.05, 3.63) is 33.3 Å². The highest BCUT2D eigenvalue weighted by molar-refractivity contribution is 9.10. The summed E-state index contributed by atoms with van der Waals surface area (Å²) in [5.41, 5.74) is 0.540. The van der Waals surface area contributed by atoms with E-state index in [9.17, 15) is 4.79 Å². The van der Waals surface area contributed by atoms with Crippen molar-refractivity contribution in [1.29, 1.82) is 5.26 Å². The fraction of sp³-hybridized carbons (Fsp3) is 0.429. The van der Waals surface area contributed by atoms with Gasteiger partial charge in [-0.1, -0.05) is 41.4 Å². The van der Waals surface area contributed by atoms with Gasteiger partial charge in [0.25, 0.3) is 5.91 Å². The van der Waals surface area contributed by atoms with E-state index in [0.717, 1.165) is 4.47 Å². The van der Waals surface area contributed by atoms with Crippen molar-refractivity contribution < 1.29 is 4.79 Å². The fourth-order valence-electron chi connectivity index (χ4n) is 1.76. The second-order valence-electron chi connectivity index (χ2n) is 4.71. The number of benzene rings is 1. The van der Waals surface area contributed by atoms with E-state index in [-0.39, 0.29) is 5.91 Å². The van der Waals surface area contributed by atoms with Crippen LogP contribution >= 0.6 is 27.5 Å². The summed E-state index contributed by atoms with van der Waals surface area (Å²) in [7, 11) is 0. The molecule has 0 bridgehead atoms. The van der Waals surface area contributed by atoms with Gasteiger partial charge in [-0.25, -0.2) is 0 Å². The molecule has 5 heteroatoms. The third-order valence-electron chi connectivity index (χ3n) is 2.48. The predicted octanol–water partition coefficient (Wildman–Crippen LogP) is 4.11.